The third kappa shape index (κ3) is 7.57. The molecule has 3 amide bonds. The summed E-state index contributed by atoms with van der Waals surface area (Å²) in [6.07, 6.45) is -0.820. The number of nitrogens with two attached hydrogens (primary N) is 1. The predicted octanol–water partition coefficient (Wildman–Crippen LogP) is 2.56. The third-order valence-corrected chi connectivity index (χ3v) is 3.79. The highest BCUT2D eigenvalue weighted by Crippen LogP contribution is 2.24. The van der Waals surface area contributed by atoms with Crippen molar-refractivity contribution in [3.8, 4) is 0 Å². The lowest BCUT2D eigenvalue weighted by atomic mass is 10.2. The van der Waals surface area contributed by atoms with Crippen LogP contribution in [0.3, 0.4) is 0 Å². The van der Waals surface area contributed by atoms with Gasteiger partial charge in [-0.25, -0.2) is 14.6 Å². The van der Waals surface area contributed by atoms with Crippen molar-refractivity contribution in [3.63, 3.8) is 0 Å². The van der Waals surface area contributed by atoms with Gasteiger partial charge in [-0.05, 0) is 51.8 Å². The fraction of sp³-hybridized carbons (Fsp3) is 0.579. The molecule has 1 atom stereocenters. The predicted molar refractivity (Wildman–Crippen MR) is 105 cm³/mol. The first-order valence-electron chi connectivity index (χ1n) is 9.38. The summed E-state index contributed by atoms with van der Waals surface area (Å²) in [5, 5.41) is 2.59. The van der Waals surface area contributed by atoms with E-state index < -0.39 is 23.9 Å². The molecule has 3 N–H and O–H groups in total. The highest BCUT2D eigenvalue weighted by Gasteiger charge is 2.24. The Balaban J connectivity index is 2.13. The molecule has 2 rings (SSSR count). The second-order valence-electron chi connectivity index (χ2n) is 7.76. The van der Waals surface area contributed by atoms with Crippen molar-refractivity contribution in [2.45, 2.75) is 58.8 Å². The van der Waals surface area contributed by atoms with Crippen molar-refractivity contribution in [3.05, 3.63) is 17.7 Å². The second kappa shape index (κ2) is 9.55. The topological polar surface area (TPSA) is 133 Å². The largest absolute Gasteiger partial charge is 0.444 e. The molecule has 2 heterocycles. The number of carbonyl (C=O) groups is 3. The number of nitrogens with zero attached hydrogens (tertiary/aromatic N) is 2. The Morgan fingerprint density at radius 2 is 2.07 bits per heavy atom. The number of nitrogens with one attached hydrogen (secondary N) is 1. The third-order valence-electron chi connectivity index (χ3n) is 3.79. The smallest absolute Gasteiger partial charge is 0.413 e. The van der Waals surface area contributed by atoms with Crippen molar-refractivity contribution < 1.29 is 28.6 Å². The van der Waals surface area contributed by atoms with Crippen LogP contribution in [-0.4, -0.2) is 47.9 Å². The number of rotatable bonds is 7. The van der Waals surface area contributed by atoms with Gasteiger partial charge < -0.3 is 19.9 Å². The molecule has 0 aliphatic carbocycles. The summed E-state index contributed by atoms with van der Waals surface area (Å²) >= 11 is 0. The average Bonchev–Trinajstić information content (AvgIpc) is 2.98. The summed E-state index contributed by atoms with van der Waals surface area (Å²) in [7, 11) is 0. The molecule has 0 aromatic carbocycles. The number of primary amides is 1. The van der Waals surface area contributed by atoms with Gasteiger partial charge in [0.25, 0.3) is 0 Å². The van der Waals surface area contributed by atoms with E-state index in [0.29, 0.717) is 24.3 Å². The van der Waals surface area contributed by atoms with E-state index in [2.05, 4.69) is 10.3 Å². The minimum Gasteiger partial charge on any atom is -0.444 e. The molecule has 1 unspecified atom stereocenters. The molecule has 29 heavy (non-hydrogen) atoms. The molecule has 160 valence electrons. The highest BCUT2D eigenvalue weighted by molar-refractivity contribution is 5.95. The van der Waals surface area contributed by atoms with Crippen molar-refractivity contribution >= 4 is 29.7 Å². The maximum absolute atomic E-state index is 12.1. The first-order chi connectivity index (χ1) is 13.5. The maximum Gasteiger partial charge on any atom is 0.413 e. The van der Waals surface area contributed by atoms with Gasteiger partial charge in [-0.2, -0.15) is 0 Å². The summed E-state index contributed by atoms with van der Waals surface area (Å²) in [5.41, 5.74) is 5.00. The summed E-state index contributed by atoms with van der Waals surface area (Å²) in [6, 6.07) is 3.36. The standard InChI is InChI=1S/C19H28N4O6/c1-12(28-17(20)25)10-27-11-13-8-14(22-18(26)29-19(2,3)4)21-15(9-13)23-7-5-6-16(23)24/h8-9,12H,5-7,10-11H2,1-4H3,(H2,20,25)(H,21,22,26). The number of pyridine rings is 1. The minimum atomic E-state index is -0.872. The highest BCUT2D eigenvalue weighted by atomic mass is 16.6. The molecule has 0 spiro atoms. The maximum atomic E-state index is 12.1. The lowest BCUT2D eigenvalue weighted by Gasteiger charge is -2.21. The molecule has 0 bridgehead atoms. The monoisotopic (exact) mass is 408 g/mol. The number of anilines is 2. The molecule has 10 nitrogen and oxygen atoms in total. The van der Waals surface area contributed by atoms with Crippen molar-refractivity contribution in [1.29, 1.82) is 0 Å². The first-order valence-corrected chi connectivity index (χ1v) is 9.38. The van der Waals surface area contributed by atoms with E-state index in [4.69, 9.17) is 19.9 Å². The van der Waals surface area contributed by atoms with E-state index in [9.17, 15) is 14.4 Å². The van der Waals surface area contributed by atoms with E-state index in [1.54, 1.807) is 44.7 Å². The van der Waals surface area contributed by atoms with Crippen LogP contribution in [-0.2, 0) is 25.6 Å². The number of amides is 3. The van der Waals surface area contributed by atoms with E-state index in [1.165, 1.54) is 0 Å². The Morgan fingerprint density at radius 3 is 2.66 bits per heavy atom. The molecular weight excluding hydrogens is 380 g/mol. The summed E-state index contributed by atoms with van der Waals surface area (Å²) in [4.78, 5) is 40.9. The van der Waals surface area contributed by atoms with Crippen LogP contribution in [0, 0.1) is 0 Å². The Bertz CT molecular complexity index is 762. The number of hydrogen-bond acceptors (Lipinski definition) is 7. The van der Waals surface area contributed by atoms with Gasteiger partial charge in [0, 0.05) is 13.0 Å². The van der Waals surface area contributed by atoms with Crippen molar-refractivity contribution in [2.24, 2.45) is 5.73 Å². The van der Waals surface area contributed by atoms with E-state index in [-0.39, 0.29) is 24.9 Å². The van der Waals surface area contributed by atoms with Crippen LogP contribution in [0.15, 0.2) is 12.1 Å². The van der Waals surface area contributed by atoms with Gasteiger partial charge >= 0.3 is 12.2 Å². The van der Waals surface area contributed by atoms with Gasteiger partial charge in [-0.1, -0.05) is 0 Å². The molecule has 10 heteroatoms. The fourth-order valence-electron chi connectivity index (χ4n) is 2.73. The number of ether oxygens (including phenoxy) is 3. The first kappa shape index (κ1) is 22.4. The van der Waals surface area contributed by atoms with Crippen LogP contribution in [0.1, 0.15) is 46.1 Å². The summed E-state index contributed by atoms with van der Waals surface area (Å²) in [6.45, 7) is 7.79. The fourth-order valence-corrected chi connectivity index (χ4v) is 2.73. The van der Waals surface area contributed by atoms with Crippen molar-refractivity contribution in [2.75, 3.05) is 23.4 Å². The normalized spacial score (nSPS) is 15.2. The zero-order chi connectivity index (χ0) is 21.6. The van der Waals surface area contributed by atoms with Crippen molar-refractivity contribution in [1.82, 2.24) is 4.98 Å². The molecular formula is C19H28N4O6. The molecule has 1 aliphatic heterocycles. The van der Waals surface area contributed by atoms with Gasteiger partial charge in [-0.3, -0.25) is 15.0 Å². The minimum absolute atomic E-state index is 0.0257. The Hall–Kier alpha value is -2.88. The number of aromatic nitrogens is 1. The molecule has 1 aromatic heterocycles. The molecule has 0 saturated carbocycles. The van der Waals surface area contributed by atoms with Crippen LogP contribution in [0.5, 0.6) is 0 Å². The van der Waals surface area contributed by atoms with Gasteiger partial charge in [-0.15, -0.1) is 0 Å². The van der Waals surface area contributed by atoms with Gasteiger partial charge in [0.1, 0.15) is 23.3 Å². The molecule has 1 fully saturated rings. The number of carbonyl (C=O) groups excluding carboxylic acids is 3. The quantitative estimate of drug-likeness (QED) is 0.708. The van der Waals surface area contributed by atoms with Crippen LogP contribution in [0.2, 0.25) is 0 Å². The Labute approximate surface area is 169 Å². The SMILES string of the molecule is CC(COCc1cc(NC(=O)OC(C)(C)C)nc(N2CCCC2=O)c1)OC(N)=O. The van der Waals surface area contributed by atoms with Crippen LogP contribution < -0.4 is 16.0 Å². The van der Waals surface area contributed by atoms with Gasteiger partial charge in [0.2, 0.25) is 5.91 Å². The van der Waals surface area contributed by atoms with Crippen LogP contribution >= 0.6 is 0 Å². The van der Waals surface area contributed by atoms with E-state index in [1.807, 2.05) is 0 Å². The second-order valence-corrected chi connectivity index (χ2v) is 7.76. The van der Waals surface area contributed by atoms with Gasteiger partial charge in [0.15, 0.2) is 0 Å². The molecule has 1 aliphatic rings. The molecule has 1 saturated heterocycles. The van der Waals surface area contributed by atoms with E-state index >= 15 is 0 Å². The zero-order valence-electron chi connectivity index (χ0n) is 17.2. The van der Waals surface area contributed by atoms with Gasteiger partial charge in [0.05, 0.1) is 13.2 Å². The Kier molecular flexibility index (Phi) is 7.38. The van der Waals surface area contributed by atoms with Crippen LogP contribution in [0.25, 0.3) is 0 Å². The van der Waals surface area contributed by atoms with Crippen LogP contribution in [0.4, 0.5) is 21.2 Å². The lowest BCUT2D eigenvalue weighted by Crippen LogP contribution is -2.28. The number of hydrogen-bond donors (Lipinski definition) is 2. The molecule has 1 aromatic rings. The zero-order valence-corrected chi connectivity index (χ0v) is 17.2. The average molecular weight is 408 g/mol. The summed E-state index contributed by atoms with van der Waals surface area (Å²) in [5.74, 6) is 0.653. The summed E-state index contributed by atoms with van der Waals surface area (Å²) < 4.78 is 15.6. The lowest BCUT2D eigenvalue weighted by molar-refractivity contribution is -0.117. The van der Waals surface area contributed by atoms with E-state index in [0.717, 1.165) is 6.42 Å². The Morgan fingerprint density at radius 1 is 1.34 bits per heavy atom. The molecule has 0 radical (unpaired) electrons.